The largest absolute Gasteiger partial charge is 0.467 e. The Morgan fingerprint density at radius 2 is 1.74 bits per heavy atom. The Balaban J connectivity index is 1.56. The first-order valence-electron chi connectivity index (χ1n) is 9.44. The second kappa shape index (κ2) is 9.48. The van der Waals surface area contributed by atoms with Crippen LogP contribution in [0.1, 0.15) is 27.2 Å². The van der Waals surface area contributed by atoms with Gasteiger partial charge in [0.1, 0.15) is 16.4 Å². The molecule has 31 heavy (non-hydrogen) atoms. The van der Waals surface area contributed by atoms with E-state index in [-0.39, 0.29) is 35.2 Å². The van der Waals surface area contributed by atoms with Crippen LogP contribution in [0.3, 0.4) is 0 Å². The number of carbonyl (C=O) groups excluding carboxylic acids is 2. The monoisotopic (exact) mass is 442 g/mol. The molecule has 0 radical (unpaired) electrons. The van der Waals surface area contributed by atoms with Gasteiger partial charge in [0.25, 0.3) is 5.91 Å². The Morgan fingerprint density at radius 3 is 2.42 bits per heavy atom. The first-order chi connectivity index (χ1) is 14.7. The zero-order chi connectivity index (χ0) is 22.4. The lowest BCUT2D eigenvalue weighted by molar-refractivity contribution is -0.120. The van der Waals surface area contributed by atoms with Crippen molar-refractivity contribution in [1.82, 2.24) is 10.6 Å². The van der Waals surface area contributed by atoms with E-state index < -0.39 is 16.0 Å². The Bertz CT molecular complexity index is 1170. The van der Waals surface area contributed by atoms with E-state index in [1.54, 1.807) is 38.1 Å². The molecular weight excluding hydrogens is 420 g/mol. The number of rotatable bonds is 8. The maximum Gasteiger partial charge on any atom is 0.339 e. The molecule has 0 unspecified atom stereocenters. The van der Waals surface area contributed by atoms with Crippen LogP contribution in [-0.4, -0.2) is 26.8 Å². The van der Waals surface area contributed by atoms with Crippen LogP contribution in [0, 0.1) is 13.8 Å². The van der Waals surface area contributed by atoms with Gasteiger partial charge in [-0.15, -0.1) is 0 Å². The van der Waals surface area contributed by atoms with E-state index in [1.807, 2.05) is 6.07 Å². The topological polar surface area (TPSA) is 115 Å². The minimum Gasteiger partial charge on any atom is -0.467 e. The fourth-order valence-corrected chi connectivity index (χ4v) is 3.98. The van der Waals surface area contributed by atoms with Crippen molar-refractivity contribution in [3.8, 4) is 5.75 Å². The molecule has 0 aliphatic heterocycles. The number of furan rings is 1. The number of hydrogen-bond acceptors (Lipinski definition) is 6. The lowest BCUT2D eigenvalue weighted by Crippen LogP contribution is -2.36. The van der Waals surface area contributed by atoms with E-state index in [0.717, 1.165) is 5.56 Å². The first kappa shape index (κ1) is 22.1. The second-order valence-electron chi connectivity index (χ2n) is 6.87. The number of hydrogen-bond donors (Lipinski definition) is 2. The highest BCUT2D eigenvalue weighted by Gasteiger charge is 2.20. The molecule has 0 aliphatic carbocycles. The van der Waals surface area contributed by atoms with Crippen molar-refractivity contribution in [2.75, 3.05) is 6.54 Å². The summed E-state index contributed by atoms with van der Waals surface area (Å²) in [4.78, 5) is 24.1. The van der Waals surface area contributed by atoms with Gasteiger partial charge in [0.05, 0.1) is 19.4 Å². The molecule has 0 saturated carbocycles. The molecule has 3 aromatic rings. The van der Waals surface area contributed by atoms with E-state index in [0.29, 0.717) is 11.3 Å². The van der Waals surface area contributed by atoms with Gasteiger partial charge in [0.15, 0.2) is 0 Å². The highest BCUT2D eigenvalue weighted by atomic mass is 32.2. The van der Waals surface area contributed by atoms with E-state index in [9.17, 15) is 18.0 Å². The predicted molar refractivity (Wildman–Crippen MR) is 113 cm³/mol. The third kappa shape index (κ3) is 5.95. The molecule has 0 spiro atoms. The summed E-state index contributed by atoms with van der Waals surface area (Å²) in [6.45, 7) is 3.50. The van der Waals surface area contributed by atoms with Gasteiger partial charge < -0.3 is 19.2 Å². The van der Waals surface area contributed by atoms with E-state index in [4.69, 9.17) is 8.60 Å². The minimum atomic E-state index is -4.01. The number of carbonyl (C=O) groups is 2. The lowest BCUT2D eigenvalue weighted by Gasteiger charge is -2.11. The van der Waals surface area contributed by atoms with Gasteiger partial charge in [0, 0.05) is 5.56 Å². The van der Waals surface area contributed by atoms with Gasteiger partial charge in [-0.1, -0.05) is 12.1 Å². The van der Waals surface area contributed by atoms with Gasteiger partial charge >= 0.3 is 10.1 Å². The van der Waals surface area contributed by atoms with Gasteiger partial charge in [-0.25, -0.2) is 0 Å². The third-order valence-electron chi connectivity index (χ3n) is 4.38. The molecule has 1 aromatic heterocycles. The number of amides is 2. The van der Waals surface area contributed by atoms with Crippen molar-refractivity contribution in [1.29, 1.82) is 0 Å². The minimum absolute atomic E-state index is 0.0775. The summed E-state index contributed by atoms with van der Waals surface area (Å²) in [7, 11) is -4.01. The number of aryl methyl sites for hydroxylation is 2. The van der Waals surface area contributed by atoms with Gasteiger partial charge in [0.2, 0.25) is 5.91 Å². The van der Waals surface area contributed by atoms with Crippen LogP contribution in [0.25, 0.3) is 0 Å². The molecule has 0 fully saturated rings. The zero-order valence-electron chi connectivity index (χ0n) is 17.0. The van der Waals surface area contributed by atoms with Gasteiger partial charge in [-0.05, 0) is 67.4 Å². The smallest absolute Gasteiger partial charge is 0.339 e. The highest BCUT2D eigenvalue weighted by molar-refractivity contribution is 7.87. The zero-order valence-corrected chi connectivity index (χ0v) is 17.9. The summed E-state index contributed by atoms with van der Waals surface area (Å²) in [5.41, 5.74) is 1.63. The summed E-state index contributed by atoms with van der Waals surface area (Å²) in [5, 5.41) is 5.11. The van der Waals surface area contributed by atoms with Crippen LogP contribution < -0.4 is 14.8 Å². The Kier molecular flexibility index (Phi) is 6.76. The summed E-state index contributed by atoms with van der Waals surface area (Å²) < 4.78 is 35.4. The van der Waals surface area contributed by atoms with Crippen molar-refractivity contribution < 1.29 is 26.6 Å². The Morgan fingerprint density at radius 1 is 1.00 bits per heavy atom. The van der Waals surface area contributed by atoms with Crippen LogP contribution in [0.4, 0.5) is 0 Å². The molecule has 2 N–H and O–H groups in total. The van der Waals surface area contributed by atoms with E-state index in [2.05, 4.69) is 10.6 Å². The molecular formula is C22H22N2O6S. The molecule has 162 valence electrons. The summed E-state index contributed by atoms with van der Waals surface area (Å²) in [6.07, 6.45) is 1.50. The Hall–Kier alpha value is -3.59. The normalized spacial score (nSPS) is 11.0. The summed E-state index contributed by atoms with van der Waals surface area (Å²) >= 11 is 0. The molecule has 8 nitrogen and oxygen atoms in total. The molecule has 1 heterocycles. The second-order valence-corrected chi connectivity index (χ2v) is 8.38. The van der Waals surface area contributed by atoms with Gasteiger partial charge in [-0.3, -0.25) is 9.59 Å². The van der Waals surface area contributed by atoms with Crippen molar-refractivity contribution in [2.24, 2.45) is 0 Å². The van der Waals surface area contributed by atoms with E-state index >= 15 is 0 Å². The molecule has 2 aromatic carbocycles. The first-order valence-corrected chi connectivity index (χ1v) is 10.8. The van der Waals surface area contributed by atoms with Crippen LogP contribution in [-0.2, 0) is 21.5 Å². The molecule has 3 rings (SSSR count). The molecule has 0 bridgehead atoms. The maximum absolute atomic E-state index is 12.6. The number of nitrogens with one attached hydrogen (secondary N) is 2. The fraction of sp³-hybridized carbons (Fsp3) is 0.182. The SMILES string of the molecule is Cc1ccc(C)c(S(=O)(=O)Oc2ccc(C(=O)NCC(=O)NCc3ccco3)cc2)c1. The molecule has 0 atom stereocenters. The van der Waals surface area contributed by atoms with Crippen molar-refractivity contribution in [3.05, 3.63) is 83.3 Å². The molecule has 2 amide bonds. The molecule has 0 saturated heterocycles. The summed E-state index contributed by atoms with van der Waals surface area (Å²) in [5.74, 6) is -0.166. The maximum atomic E-state index is 12.6. The average molecular weight is 442 g/mol. The van der Waals surface area contributed by atoms with Crippen molar-refractivity contribution >= 4 is 21.9 Å². The lowest BCUT2D eigenvalue weighted by atomic mass is 10.2. The summed E-state index contributed by atoms with van der Waals surface area (Å²) in [6, 6.07) is 14.1. The highest BCUT2D eigenvalue weighted by Crippen LogP contribution is 2.22. The standard InChI is InChI=1S/C22H22N2O6S/c1-15-5-6-16(2)20(12-15)31(27,28)30-18-9-7-17(8-10-18)22(26)24-14-21(25)23-13-19-4-3-11-29-19/h3-12H,13-14H2,1-2H3,(H,23,25)(H,24,26). The van der Waals surface area contributed by atoms with Gasteiger partial charge in [-0.2, -0.15) is 8.42 Å². The van der Waals surface area contributed by atoms with Crippen molar-refractivity contribution in [2.45, 2.75) is 25.3 Å². The fourth-order valence-electron chi connectivity index (χ4n) is 2.73. The van der Waals surface area contributed by atoms with Crippen LogP contribution in [0.2, 0.25) is 0 Å². The predicted octanol–water partition coefficient (Wildman–Crippen LogP) is 2.71. The average Bonchev–Trinajstić information content (AvgIpc) is 3.26. The quantitative estimate of drug-likeness (QED) is 0.519. The van der Waals surface area contributed by atoms with Crippen molar-refractivity contribution in [3.63, 3.8) is 0 Å². The number of benzene rings is 2. The van der Waals surface area contributed by atoms with E-state index in [1.165, 1.54) is 30.5 Å². The molecule has 0 aliphatic rings. The Labute approximate surface area is 180 Å². The molecule has 9 heteroatoms. The van der Waals surface area contributed by atoms with Crippen LogP contribution in [0.15, 0.2) is 70.2 Å². The van der Waals surface area contributed by atoms with Crippen LogP contribution in [0.5, 0.6) is 5.75 Å². The van der Waals surface area contributed by atoms with Crippen LogP contribution >= 0.6 is 0 Å². The third-order valence-corrected chi connectivity index (χ3v) is 5.78.